The van der Waals surface area contributed by atoms with E-state index < -0.39 is 0 Å². The first kappa shape index (κ1) is 40.3. The van der Waals surface area contributed by atoms with E-state index in [0.717, 1.165) is 78.3 Å². The van der Waals surface area contributed by atoms with Crippen LogP contribution in [0.1, 0.15) is 5.56 Å². The SMILES string of the molecule is Cc1ccc2c(c1N(c1ccccc1)c1cccc3c1c1ccccc1n3-c1ccc3c(c1)c1ccccc1n3-c1ccccc1)c1ncccc1n2-c1ccc2c(c1)c1ccccc1n2-c1ccccc1. The number of nitrogens with zero attached hydrogens (tertiary/aromatic N) is 6. The van der Waals surface area contributed by atoms with E-state index >= 15 is 0 Å². The lowest BCUT2D eigenvalue weighted by molar-refractivity contribution is 1.16. The summed E-state index contributed by atoms with van der Waals surface area (Å²) in [5, 5.41) is 8.32. The van der Waals surface area contributed by atoms with Crippen LogP contribution in [0.25, 0.3) is 110 Å². The maximum Gasteiger partial charge on any atom is 0.0984 e. The van der Waals surface area contributed by atoms with Gasteiger partial charge in [0.05, 0.1) is 66.4 Å². The molecule has 0 spiro atoms. The number of anilines is 3. The Morgan fingerprint density at radius 3 is 1.38 bits per heavy atom. The van der Waals surface area contributed by atoms with Gasteiger partial charge < -0.3 is 23.2 Å². The van der Waals surface area contributed by atoms with Crippen LogP contribution in [0.5, 0.6) is 0 Å². The Bertz CT molecular complexity index is 4630. The predicted octanol–water partition coefficient (Wildman–Crippen LogP) is 17.2. The van der Waals surface area contributed by atoms with Gasteiger partial charge in [0.2, 0.25) is 0 Å². The molecule has 0 radical (unpaired) electrons. The van der Waals surface area contributed by atoms with Crippen molar-refractivity contribution >= 4 is 104 Å². The summed E-state index contributed by atoms with van der Waals surface area (Å²) in [5.74, 6) is 0. The highest BCUT2D eigenvalue weighted by Gasteiger charge is 2.27. The minimum Gasteiger partial charge on any atom is -0.309 e. The van der Waals surface area contributed by atoms with Gasteiger partial charge >= 0.3 is 0 Å². The summed E-state index contributed by atoms with van der Waals surface area (Å²) in [6.07, 6.45) is 1.93. The summed E-state index contributed by atoms with van der Waals surface area (Å²) in [5.41, 5.74) is 19.0. The largest absolute Gasteiger partial charge is 0.309 e. The van der Waals surface area contributed by atoms with E-state index in [1.807, 2.05) is 6.20 Å². The highest BCUT2D eigenvalue weighted by molar-refractivity contribution is 6.21. The Labute approximate surface area is 414 Å². The molecule has 0 aliphatic rings. The molecular formula is C66H44N6. The summed E-state index contributed by atoms with van der Waals surface area (Å²) in [7, 11) is 0. The number of benzene rings is 10. The molecule has 0 aliphatic heterocycles. The molecular weight excluding hydrogens is 877 g/mol. The minimum absolute atomic E-state index is 0.955. The zero-order valence-electron chi connectivity index (χ0n) is 39.4. The maximum atomic E-state index is 5.25. The van der Waals surface area contributed by atoms with Gasteiger partial charge in [-0.2, -0.15) is 0 Å². The van der Waals surface area contributed by atoms with E-state index in [-0.39, 0.29) is 0 Å². The maximum absolute atomic E-state index is 5.25. The number of rotatable bonds is 7. The number of pyridine rings is 1. The number of hydrogen-bond acceptors (Lipinski definition) is 2. The molecule has 10 aromatic carbocycles. The summed E-state index contributed by atoms with van der Waals surface area (Å²) >= 11 is 0. The number of aromatic nitrogens is 5. The number of aryl methyl sites for hydroxylation is 1. The Hall–Kier alpha value is -9.65. The predicted molar refractivity (Wildman–Crippen MR) is 301 cm³/mol. The molecule has 338 valence electrons. The van der Waals surface area contributed by atoms with Crippen molar-refractivity contribution in [1.29, 1.82) is 0 Å². The van der Waals surface area contributed by atoms with E-state index in [9.17, 15) is 0 Å². The van der Waals surface area contributed by atoms with Crippen molar-refractivity contribution in [2.24, 2.45) is 0 Å². The molecule has 6 nitrogen and oxygen atoms in total. The van der Waals surface area contributed by atoms with E-state index in [1.54, 1.807) is 0 Å². The molecule has 5 aromatic heterocycles. The lowest BCUT2D eigenvalue weighted by atomic mass is 10.0. The second kappa shape index (κ2) is 15.7. The van der Waals surface area contributed by atoms with Gasteiger partial charge in [0, 0.05) is 67.0 Å². The van der Waals surface area contributed by atoms with Gasteiger partial charge in [-0.1, -0.05) is 121 Å². The molecule has 0 unspecified atom stereocenters. The topological polar surface area (TPSA) is 35.9 Å². The Morgan fingerprint density at radius 1 is 0.319 bits per heavy atom. The molecule has 6 heteroatoms. The molecule has 0 saturated heterocycles. The third-order valence-electron chi connectivity index (χ3n) is 14.9. The lowest BCUT2D eigenvalue weighted by Crippen LogP contribution is -2.12. The highest BCUT2D eigenvalue weighted by Crippen LogP contribution is 2.49. The number of hydrogen-bond donors (Lipinski definition) is 0. The highest BCUT2D eigenvalue weighted by atomic mass is 15.2. The first-order valence-corrected chi connectivity index (χ1v) is 24.6. The standard InChI is InChI=1S/C66H44N6/c1-43-34-37-61-64(65-62(33-18-40-67-65)71(61)48-36-39-58-53(42-48)50-26-12-15-29-55(50)69(58)45-21-7-3-8-22-45)66(43)72(46-23-9-4-10-24-46)60-32-17-31-59-63(60)51-27-13-16-30-56(51)70(59)47-35-38-57-52(41-47)49-25-11-14-28-54(49)68(57)44-19-5-2-6-20-44/h2-42H,1H3. The van der Waals surface area contributed by atoms with Crippen molar-refractivity contribution in [2.45, 2.75) is 6.92 Å². The smallest absolute Gasteiger partial charge is 0.0984 e. The molecule has 0 saturated carbocycles. The van der Waals surface area contributed by atoms with Crippen molar-refractivity contribution in [3.63, 3.8) is 0 Å². The molecule has 15 aromatic rings. The van der Waals surface area contributed by atoms with Gasteiger partial charge in [-0.25, -0.2) is 0 Å². The van der Waals surface area contributed by atoms with Crippen LogP contribution < -0.4 is 4.90 Å². The molecule has 0 bridgehead atoms. The normalized spacial score (nSPS) is 12.0. The third-order valence-corrected chi connectivity index (χ3v) is 14.9. The van der Waals surface area contributed by atoms with Gasteiger partial charge in [0.1, 0.15) is 0 Å². The van der Waals surface area contributed by atoms with Crippen molar-refractivity contribution in [3.05, 3.63) is 254 Å². The fourth-order valence-electron chi connectivity index (χ4n) is 11.9. The third kappa shape index (κ3) is 5.81. The number of fused-ring (bicyclic) bond motifs is 12. The summed E-state index contributed by atoms with van der Waals surface area (Å²) in [4.78, 5) is 7.74. The second-order valence-electron chi connectivity index (χ2n) is 18.8. The van der Waals surface area contributed by atoms with Crippen LogP contribution in [0.2, 0.25) is 0 Å². The van der Waals surface area contributed by atoms with Crippen LogP contribution in [-0.4, -0.2) is 23.3 Å². The van der Waals surface area contributed by atoms with Crippen molar-refractivity contribution in [1.82, 2.24) is 23.3 Å². The van der Waals surface area contributed by atoms with Gasteiger partial charge in [-0.15, -0.1) is 0 Å². The zero-order valence-corrected chi connectivity index (χ0v) is 39.4. The van der Waals surface area contributed by atoms with E-state index in [1.165, 1.54) is 54.4 Å². The zero-order chi connectivity index (χ0) is 47.4. The molecule has 0 atom stereocenters. The van der Waals surface area contributed by atoms with Crippen LogP contribution in [0.3, 0.4) is 0 Å². The second-order valence-corrected chi connectivity index (χ2v) is 18.8. The van der Waals surface area contributed by atoms with E-state index in [4.69, 9.17) is 4.98 Å². The fraction of sp³-hybridized carbons (Fsp3) is 0.0152. The lowest BCUT2D eigenvalue weighted by Gasteiger charge is -2.29. The summed E-state index contributed by atoms with van der Waals surface area (Å²) in [6, 6.07) is 88.1. The molecule has 0 N–H and O–H groups in total. The van der Waals surface area contributed by atoms with Crippen LogP contribution in [0.15, 0.2) is 249 Å². The Kier molecular flexibility index (Phi) is 8.77. The minimum atomic E-state index is 0.955. The summed E-state index contributed by atoms with van der Waals surface area (Å²) in [6.45, 7) is 2.24. The Morgan fingerprint density at radius 2 is 0.764 bits per heavy atom. The molecule has 72 heavy (non-hydrogen) atoms. The molecule has 0 aliphatic carbocycles. The van der Waals surface area contributed by atoms with Crippen molar-refractivity contribution in [2.75, 3.05) is 4.90 Å². The molecule has 0 amide bonds. The fourth-order valence-corrected chi connectivity index (χ4v) is 11.9. The number of para-hydroxylation sites is 6. The Balaban J connectivity index is 0.977. The van der Waals surface area contributed by atoms with Gasteiger partial charge in [-0.3, -0.25) is 4.98 Å². The van der Waals surface area contributed by atoms with Gasteiger partial charge in [0.15, 0.2) is 0 Å². The first-order chi connectivity index (χ1) is 35.7. The van der Waals surface area contributed by atoms with Crippen LogP contribution in [-0.2, 0) is 0 Å². The van der Waals surface area contributed by atoms with Crippen LogP contribution in [0.4, 0.5) is 17.1 Å². The van der Waals surface area contributed by atoms with Crippen molar-refractivity contribution in [3.8, 4) is 22.7 Å². The summed E-state index contributed by atoms with van der Waals surface area (Å²) < 4.78 is 9.63. The quantitative estimate of drug-likeness (QED) is 0.160. The van der Waals surface area contributed by atoms with E-state index in [0.29, 0.717) is 0 Å². The molecule has 5 heterocycles. The van der Waals surface area contributed by atoms with E-state index in [2.05, 4.69) is 273 Å². The van der Waals surface area contributed by atoms with Gasteiger partial charge in [-0.05, 0) is 134 Å². The first-order valence-electron chi connectivity index (χ1n) is 24.6. The monoisotopic (exact) mass is 920 g/mol. The molecule has 15 rings (SSSR count). The van der Waals surface area contributed by atoms with Crippen LogP contribution in [0, 0.1) is 6.92 Å². The van der Waals surface area contributed by atoms with Gasteiger partial charge in [0.25, 0.3) is 0 Å². The average molecular weight is 921 g/mol. The average Bonchev–Trinajstić information content (AvgIpc) is 4.17. The van der Waals surface area contributed by atoms with Crippen LogP contribution >= 0.6 is 0 Å². The van der Waals surface area contributed by atoms with Crippen molar-refractivity contribution < 1.29 is 0 Å². The molecule has 0 fully saturated rings.